The SMILES string of the molecule is Cc1c(C(=O)NC2CCCCC2)c(C)n(CC2CCCCC2)c1-c1cc(C(F)(F)F)cc(C(F)(F)F)c1. The molecule has 3 nitrogen and oxygen atoms in total. The van der Waals surface area contributed by atoms with Crippen LogP contribution in [-0.4, -0.2) is 16.5 Å². The molecule has 9 heteroatoms. The van der Waals surface area contributed by atoms with Crippen LogP contribution < -0.4 is 5.32 Å². The van der Waals surface area contributed by atoms with E-state index in [0.29, 0.717) is 23.4 Å². The lowest BCUT2D eigenvalue weighted by Gasteiger charge is -2.25. The smallest absolute Gasteiger partial charge is 0.349 e. The van der Waals surface area contributed by atoms with Gasteiger partial charge in [-0.3, -0.25) is 4.79 Å². The molecule has 0 atom stereocenters. The van der Waals surface area contributed by atoms with E-state index in [0.717, 1.165) is 76.3 Å². The summed E-state index contributed by atoms with van der Waals surface area (Å²) in [6.07, 6.45) is 0.0566. The van der Waals surface area contributed by atoms with Gasteiger partial charge in [-0.05, 0) is 74.8 Å². The number of benzene rings is 1. The Morgan fingerprint density at radius 1 is 0.838 bits per heavy atom. The molecule has 2 aromatic rings. The summed E-state index contributed by atoms with van der Waals surface area (Å²) in [4.78, 5) is 13.4. The Morgan fingerprint density at radius 2 is 1.35 bits per heavy atom. The summed E-state index contributed by atoms with van der Waals surface area (Å²) in [5, 5.41) is 3.07. The number of rotatable bonds is 5. The second-order valence-electron chi connectivity index (χ2n) is 10.7. The molecule has 2 aliphatic carbocycles. The number of alkyl halides is 6. The molecule has 0 spiro atoms. The molecule has 1 N–H and O–H groups in total. The summed E-state index contributed by atoms with van der Waals surface area (Å²) in [5.74, 6) is -0.0614. The third-order valence-corrected chi connectivity index (χ3v) is 7.96. The number of hydrogen-bond donors (Lipinski definition) is 1. The van der Waals surface area contributed by atoms with Crippen LogP contribution in [0.2, 0.25) is 0 Å². The number of aromatic nitrogens is 1. The molecular formula is C28H34F6N2O. The van der Waals surface area contributed by atoms with Crippen molar-refractivity contribution < 1.29 is 31.1 Å². The summed E-state index contributed by atoms with van der Waals surface area (Å²) in [7, 11) is 0. The van der Waals surface area contributed by atoms with E-state index < -0.39 is 23.5 Å². The first-order valence-electron chi connectivity index (χ1n) is 13.2. The fraction of sp³-hybridized carbons (Fsp3) is 0.607. The molecule has 2 fully saturated rings. The Morgan fingerprint density at radius 3 is 1.86 bits per heavy atom. The quantitative estimate of drug-likeness (QED) is 0.388. The van der Waals surface area contributed by atoms with Gasteiger partial charge in [0.05, 0.1) is 22.4 Å². The monoisotopic (exact) mass is 528 g/mol. The first-order chi connectivity index (χ1) is 17.4. The van der Waals surface area contributed by atoms with Crippen LogP contribution in [0.25, 0.3) is 11.3 Å². The maximum Gasteiger partial charge on any atom is 0.416 e. The highest BCUT2D eigenvalue weighted by atomic mass is 19.4. The van der Waals surface area contributed by atoms with E-state index in [2.05, 4.69) is 5.32 Å². The summed E-state index contributed by atoms with van der Waals surface area (Å²) < 4.78 is 83.8. The van der Waals surface area contributed by atoms with Gasteiger partial charge in [0.15, 0.2) is 0 Å². The van der Waals surface area contributed by atoms with Crippen LogP contribution in [-0.2, 0) is 18.9 Å². The van der Waals surface area contributed by atoms with Crippen LogP contribution in [0.1, 0.15) is 97.0 Å². The van der Waals surface area contributed by atoms with Gasteiger partial charge in [0, 0.05) is 18.3 Å². The van der Waals surface area contributed by atoms with Crippen molar-refractivity contribution in [1.29, 1.82) is 0 Å². The van der Waals surface area contributed by atoms with Crippen LogP contribution >= 0.6 is 0 Å². The van der Waals surface area contributed by atoms with Crippen molar-refractivity contribution in [1.82, 2.24) is 9.88 Å². The fourth-order valence-corrected chi connectivity index (χ4v) is 6.05. The topological polar surface area (TPSA) is 34.0 Å². The molecule has 0 aliphatic heterocycles. The highest BCUT2D eigenvalue weighted by Gasteiger charge is 2.38. The molecule has 4 rings (SSSR count). The lowest BCUT2D eigenvalue weighted by atomic mass is 9.89. The van der Waals surface area contributed by atoms with Gasteiger partial charge in [-0.1, -0.05) is 38.5 Å². The Kier molecular flexibility index (Phi) is 8.00. The van der Waals surface area contributed by atoms with Gasteiger partial charge in [-0.15, -0.1) is 0 Å². The van der Waals surface area contributed by atoms with Crippen molar-refractivity contribution in [2.75, 3.05) is 0 Å². The molecule has 0 saturated heterocycles. The number of nitrogens with zero attached hydrogens (tertiary/aromatic N) is 1. The molecule has 0 radical (unpaired) electrons. The fourth-order valence-electron chi connectivity index (χ4n) is 6.05. The lowest BCUT2D eigenvalue weighted by Crippen LogP contribution is -2.36. The number of amides is 1. The molecule has 0 unspecified atom stereocenters. The Bertz CT molecular complexity index is 1090. The Balaban J connectivity index is 1.85. The minimum Gasteiger partial charge on any atom is -0.349 e. The summed E-state index contributed by atoms with van der Waals surface area (Å²) in [6, 6.07) is 1.72. The average molecular weight is 529 g/mol. The third-order valence-electron chi connectivity index (χ3n) is 7.96. The zero-order valence-electron chi connectivity index (χ0n) is 21.3. The normalized spacial score (nSPS) is 18.3. The third kappa shape index (κ3) is 6.17. The van der Waals surface area contributed by atoms with Crippen LogP contribution in [0.15, 0.2) is 18.2 Å². The van der Waals surface area contributed by atoms with Crippen molar-refractivity contribution in [3.05, 3.63) is 46.1 Å². The van der Waals surface area contributed by atoms with Gasteiger partial charge >= 0.3 is 12.4 Å². The maximum absolute atomic E-state index is 13.7. The standard InChI is InChI=1S/C28H34F6N2O/c1-17-24(26(37)35-23-11-7-4-8-12-23)18(2)36(16-19-9-5-3-6-10-19)25(17)20-13-21(27(29,30)31)15-22(14-20)28(32,33)34/h13-15,19,23H,3-12,16H2,1-2H3,(H,35,37). The number of carbonyl (C=O) groups excluding carboxylic acids is 1. The van der Waals surface area contributed by atoms with Crippen molar-refractivity contribution in [2.24, 2.45) is 5.92 Å². The van der Waals surface area contributed by atoms with Crippen LogP contribution in [0.3, 0.4) is 0 Å². The van der Waals surface area contributed by atoms with Crippen LogP contribution in [0, 0.1) is 19.8 Å². The molecule has 1 aromatic heterocycles. The highest BCUT2D eigenvalue weighted by molar-refractivity contribution is 5.99. The lowest BCUT2D eigenvalue weighted by molar-refractivity contribution is -0.143. The number of halogens is 6. The molecule has 37 heavy (non-hydrogen) atoms. The van der Waals surface area contributed by atoms with Crippen LogP contribution in [0.4, 0.5) is 26.3 Å². The van der Waals surface area contributed by atoms with E-state index in [1.54, 1.807) is 18.4 Å². The first-order valence-corrected chi connectivity index (χ1v) is 13.2. The Hall–Kier alpha value is -2.45. The van der Waals surface area contributed by atoms with E-state index in [9.17, 15) is 31.1 Å². The zero-order chi connectivity index (χ0) is 27.0. The first kappa shape index (κ1) is 27.6. The minimum atomic E-state index is -4.94. The van der Waals surface area contributed by atoms with Crippen molar-refractivity contribution >= 4 is 5.91 Å². The predicted octanol–water partition coefficient (Wildman–Crippen LogP) is 8.45. The van der Waals surface area contributed by atoms with Gasteiger partial charge < -0.3 is 9.88 Å². The Labute approximate surface area is 213 Å². The summed E-state index contributed by atoms with van der Waals surface area (Å²) in [5.41, 5.74) is -1.28. The van der Waals surface area contributed by atoms with Gasteiger partial charge in [0.2, 0.25) is 0 Å². The predicted molar refractivity (Wildman–Crippen MR) is 130 cm³/mol. The average Bonchev–Trinajstić information content (AvgIpc) is 3.08. The second-order valence-corrected chi connectivity index (χ2v) is 10.7. The number of hydrogen-bond acceptors (Lipinski definition) is 1. The molecule has 1 amide bonds. The number of carbonyl (C=O) groups is 1. The van der Waals surface area contributed by atoms with Gasteiger partial charge in [-0.2, -0.15) is 26.3 Å². The van der Waals surface area contributed by atoms with Gasteiger partial charge in [0.25, 0.3) is 5.91 Å². The van der Waals surface area contributed by atoms with Crippen molar-refractivity contribution in [2.45, 2.75) is 103 Å². The molecule has 2 saturated carbocycles. The molecule has 0 bridgehead atoms. The minimum absolute atomic E-state index is 0.0237. The van der Waals surface area contributed by atoms with Gasteiger partial charge in [0.1, 0.15) is 0 Å². The summed E-state index contributed by atoms with van der Waals surface area (Å²) in [6.45, 7) is 3.83. The highest BCUT2D eigenvalue weighted by Crippen LogP contribution is 2.41. The van der Waals surface area contributed by atoms with E-state index >= 15 is 0 Å². The van der Waals surface area contributed by atoms with Crippen molar-refractivity contribution in [3.63, 3.8) is 0 Å². The van der Waals surface area contributed by atoms with Crippen LogP contribution in [0.5, 0.6) is 0 Å². The van der Waals surface area contributed by atoms with E-state index in [1.807, 2.05) is 0 Å². The maximum atomic E-state index is 13.7. The molecule has 2 aliphatic rings. The van der Waals surface area contributed by atoms with E-state index in [1.165, 1.54) is 0 Å². The van der Waals surface area contributed by atoms with Gasteiger partial charge in [-0.25, -0.2) is 0 Å². The zero-order valence-corrected chi connectivity index (χ0v) is 21.3. The van der Waals surface area contributed by atoms with E-state index in [-0.39, 0.29) is 35.2 Å². The largest absolute Gasteiger partial charge is 0.416 e. The van der Waals surface area contributed by atoms with Crippen molar-refractivity contribution in [3.8, 4) is 11.3 Å². The molecule has 204 valence electrons. The summed E-state index contributed by atoms with van der Waals surface area (Å²) >= 11 is 0. The molecular weight excluding hydrogens is 494 g/mol. The molecule has 1 aromatic carbocycles. The van der Waals surface area contributed by atoms with E-state index in [4.69, 9.17) is 0 Å². The second kappa shape index (κ2) is 10.7. The molecule has 1 heterocycles. The number of nitrogens with one attached hydrogen (secondary N) is 1.